The first-order chi connectivity index (χ1) is 10.7. The van der Waals surface area contributed by atoms with Crippen molar-refractivity contribution in [2.75, 3.05) is 28.8 Å². The number of sulfonamides is 1. The van der Waals surface area contributed by atoms with Gasteiger partial charge in [-0.3, -0.25) is 4.31 Å². The first kappa shape index (κ1) is 13.6. The molecule has 0 atom stereocenters. The molecule has 0 fully saturated rings. The fraction of sp³-hybridized carbons (Fsp3) is 0.294. The maximum absolute atomic E-state index is 13.0. The Bertz CT molecular complexity index is 803. The standard InChI is InChI=1S/C17H18N2O2S/c20-22(21,15-8-2-1-3-9-15)19-13-12-18-11-5-7-14-6-4-10-16(19)17(14)18/h1-4,6,8-10H,5,7,11-13H2. The van der Waals surface area contributed by atoms with Crippen molar-refractivity contribution < 1.29 is 8.42 Å². The summed E-state index contributed by atoms with van der Waals surface area (Å²) in [6, 6.07) is 14.7. The van der Waals surface area contributed by atoms with Crippen LogP contribution in [0.4, 0.5) is 11.4 Å². The van der Waals surface area contributed by atoms with Gasteiger partial charge in [-0.1, -0.05) is 30.3 Å². The highest BCUT2D eigenvalue weighted by Gasteiger charge is 2.34. The van der Waals surface area contributed by atoms with Gasteiger partial charge in [0, 0.05) is 13.1 Å². The Hall–Kier alpha value is -2.01. The zero-order chi connectivity index (χ0) is 15.2. The number of anilines is 2. The van der Waals surface area contributed by atoms with E-state index in [0.29, 0.717) is 11.4 Å². The van der Waals surface area contributed by atoms with E-state index in [9.17, 15) is 8.42 Å². The second-order valence-electron chi connectivity index (χ2n) is 5.77. The van der Waals surface area contributed by atoms with Crippen LogP contribution in [0.3, 0.4) is 0 Å². The van der Waals surface area contributed by atoms with Gasteiger partial charge in [-0.15, -0.1) is 0 Å². The molecular formula is C17H18N2O2S. The number of benzene rings is 2. The van der Waals surface area contributed by atoms with Crippen molar-refractivity contribution in [2.45, 2.75) is 17.7 Å². The topological polar surface area (TPSA) is 40.6 Å². The van der Waals surface area contributed by atoms with Crippen molar-refractivity contribution in [3.05, 3.63) is 54.1 Å². The monoisotopic (exact) mass is 314 g/mol. The van der Waals surface area contributed by atoms with E-state index in [4.69, 9.17) is 0 Å². The molecule has 0 spiro atoms. The van der Waals surface area contributed by atoms with Gasteiger partial charge in [0.2, 0.25) is 0 Å². The highest BCUT2D eigenvalue weighted by molar-refractivity contribution is 7.92. The van der Waals surface area contributed by atoms with Gasteiger partial charge in [-0.05, 0) is 36.6 Å². The Morgan fingerprint density at radius 1 is 0.864 bits per heavy atom. The molecule has 0 N–H and O–H groups in total. The van der Waals surface area contributed by atoms with Crippen molar-refractivity contribution in [1.29, 1.82) is 0 Å². The molecule has 4 rings (SSSR count). The second-order valence-corrected chi connectivity index (χ2v) is 7.63. The molecule has 2 heterocycles. The van der Waals surface area contributed by atoms with Crippen molar-refractivity contribution in [1.82, 2.24) is 0 Å². The number of hydrogen-bond donors (Lipinski definition) is 0. The van der Waals surface area contributed by atoms with E-state index in [1.807, 2.05) is 18.2 Å². The molecule has 2 aliphatic rings. The Labute approximate surface area is 131 Å². The van der Waals surface area contributed by atoms with E-state index >= 15 is 0 Å². The van der Waals surface area contributed by atoms with Gasteiger partial charge in [0.1, 0.15) is 0 Å². The van der Waals surface area contributed by atoms with Crippen LogP contribution in [0.15, 0.2) is 53.4 Å². The smallest absolute Gasteiger partial charge is 0.264 e. The summed E-state index contributed by atoms with van der Waals surface area (Å²) in [6.45, 7) is 2.28. The van der Waals surface area contributed by atoms with Crippen molar-refractivity contribution in [2.24, 2.45) is 0 Å². The Morgan fingerprint density at radius 3 is 2.50 bits per heavy atom. The predicted octanol–water partition coefficient (Wildman–Crippen LogP) is 2.65. The Kier molecular flexibility index (Phi) is 3.11. The maximum Gasteiger partial charge on any atom is 0.264 e. The van der Waals surface area contributed by atoms with Gasteiger partial charge in [-0.25, -0.2) is 8.42 Å². The zero-order valence-corrected chi connectivity index (χ0v) is 13.1. The molecule has 22 heavy (non-hydrogen) atoms. The van der Waals surface area contributed by atoms with Gasteiger partial charge >= 0.3 is 0 Å². The molecule has 0 saturated carbocycles. The van der Waals surface area contributed by atoms with Crippen LogP contribution in [-0.2, 0) is 16.4 Å². The summed E-state index contributed by atoms with van der Waals surface area (Å²) in [7, 11) is -3.49. The molecule has 114 valence electrons. The van der Waals surface area contributed by atoms with E-state index < -0.39 is 10.0 Å². The molecule has 0 amide bonds. The Balaban J connectivity index is 1.85. The maximum atomic E-state index is 13.0. The molecule has 2 aliphatic heterocycles. The molecule has 4 nitrogen and oxygen atoms in total. The summed E-state index contributed by atoms with van der Waals surface area (Å²) in [6.07, 6.45) is 2.17. The van der Waals surface area contributed by atoms with Crippen LogP contribution in [0.25, 0.3) is 0 Å². The van der Waals surface area contributed by atoms with Gasteiger partial charge < -0.3 is 4.90 Å². The number of aryl methyl sites for hydroxylation is 1. The van der Waals surface area contributed by atoms with Gasteiger partial charge in [0.25, 0.3) is 10.0 Å². The third kappa shape index (κ3) is 2.00. The second kappa shape index (κ2) is 5.02. The lowest BCUT2D eigenvalue weighted by atomic mass is 9.99. The average molecular weight is 314 g/mol. The largest absolute Gasteiger partial charge is 0.368 e. The predicted molar refractivity (Wildman–Crippen MR) is 87.9 cm³/mol. The van der Waals surface area contributed by atoms with E-state index in [1.54, 1.807) is 28.6 Å². The SMILES string of the molecule is O=S(=O)(c1ccccc1)N1CCN2CCCc3cccc1c32. The number of para-hydroxylation sites is 1. The van der Waals surface area contributed by atoms with E-state index in [2.05, 4.69) is 11.0 Å². The number of rotatable bonds is 2. The number of hydrogen-bond acceptors (Lipinski definition) is 3. The molecule has 2 aromatic rings. The summed E-state index contributed by atoms with van der Waals surface area (Å²) in [5.41, 5.74) is 3.20. The summed E-state index contributed by atoms with van der Waals surface area (Å²) in [5.74, 6) is 0. The van der Waals surface area contributed by atoms with E-state index in [0.717, 1.165) is 37.3 Å². The minimum Gasteiger partial charge on any atom is -0.368 e. The van der Waals surface area contributed by atoms with Crippen molar-refractivity contribution in [3.63, 3.8) is 0 Å². The van der Waals surface area contributed by atoms with Crippen LogP contribution in [0.2, 0.25) is 0 Å². The van der Waals surface area contributed by atoms with Crippen LogP contribution < -0.4 is 9.21 Å². The normalized spacial score (nSPS) is 17.3. The lowest BCUT2D eigenvalue weighted by Gasteiger charge is -2.41. The van der Waals surface area contributed by atoms with Gasteiger partial charge in [0.05, 0.1) is 22.8 Å². The van der Waals surface area contributed by atoms with Gasteiger partial charge in [0.15, 0.2) is 0 Å². The summed E-state index contributed by atoms with van der Waals surface area (Å²) < 4.78 is 27.5. The van der Waals surface area contributed by atoms with Crippen LogP contribution in [0, 0.1) is 0 Å². The minimum absolute atomic E-state index is 0.358. The lowest BCUT2D eigenvalue weighted by Crippen LogP contribution is -2.46. The molecule has 2 aromatic carbocycles. The summed E-state index contributed by atoms with van der Waals surface area (Å²) in [4.78, 5) is 2.68. The molecule has 0 bridgehead atoms. The highest BCUT2D eigenvalue weighted by atomic mass is 32.2. The van der Waals surface area contributed by atoms with Crippen molar-refractivity contribution >= 4 is 21.4 Å². The molecule has 0 unspecified atom stereocenters. The molecule has 0 radical (unpaired) electrons. The van der Waals surface area contributed by atoms with Crippen LogP contribution in [-0.4, -0.2) is 28.1 Å². The number of nitrogens with zero attached hydrogens (tertiary/aromatic N) is 2. The lowest BCUT2D eigenvalue weighted by molar-refractivity contribution is 0.586. The first-order valence-corrected chi connectivity index (χ1v) is 9.06. The fourth-order valence-electron chi connectivity index (χ4n) is 3.44. The van der Waals surface area contributed by atoms with E-state index in [1.165, 1.54) is 5.56 Å². The minimum atomic E-state index is -3.49. The van der Waals surface area contributed by atoms with Crippen LogP contribution in [0.5, 0.6) is 0 Å². The van der Waals surface area contributed by atoms with Crippen LogP contribution in [0.1, 0.15) is 12.0 Å². The molecule has 0 aliphatic carbocycles. The first-order valence-electron chi connectivity index (χ1n) is 7.62. The Morgan fingerprint density at radius 2 is 1.68 bits per heavy atom. The summed E-state index contributed by atoms with van der Waals surface area (Å²) >= 11 is 0. The summed E-state index contributed by atoms with van der Waals surface area (Å²) in [5, 5.41) is 0. The zero-order valence-electron chi connectivity index (χ0n) is 12.3. The fourth-order valence-corrected chi connectivity index (χ4v) is 4.93. The molecular weight excluding hydrogens is 296 g/mol. The van der Waals surface area contributed by atoms with Gasteiger partial charge in [-0.2, -0.15) is 0 Å². The quantitative estimate of drug-likeness (QED) is 0.855. The molecule has 5 heteroatoms. The average Bonchev–Trinajstić information content (AvgIpc) is 2.56. The molecule has 0 saturated heterocycles. The van der Waals surface area contributed by atoms with E-state index in [-0.39, 0.29) is 0 Å². The third-order valence-corrected chi connectivity index (χ3v) is 6.29. The highest BCUT2D eigenvalue weighted by Crippen LogP contribution is 2.41. The van der Waals surface area contributed by atoms with Crippen LogP contribution >= 0.6 is 0 Å². The van der Waals surface area contributed by atoms with Crippen molar-refractivity contribution in [3.8, 4) is 0 Å². The molecule has 0 aromatic heterocycles. The third-order valence-electron chi connectivity index (χ3n) is 4.46.